The average molecular weight is 337 g/mol. The lowest BCUT2D eigenvalue weighted by atomic mass is 10.0. The highest BCUT2D eigenvalue weighted by Crippen LogP contribution is 2.30. The molecule has 2 aromatic rings. The molecular weight excluding hydrogens is 318 g/mol. The summed E-state index contributed by atoms with van der Waals surface area (Å²) in [5, 5.41) is 9.63. The van der Waals surface area contributed by atoms with Gasteiger partial charge in [-0.15, -0.1) is 0 Å². The summed E-state index contributed by atoms with van der Waals surface area (Å²) < 4.78 is 32.4. The maximum absolute atomic E-state index is 12.8. The highest BCUT2D eigenvalue weighted by Gasteiger charge is 2.29. The topological polar surface area (TPSA) is 87.8 Å². The van der Waals surface area contributed by atoms with E-state index in [1.807, 2.05) is 6.92 Å². The third-order valence-electron chi connectivity index (χ3n) is 4.36. The van der Waals surface area contributed by atoms with Crippen molar-refractivity contribution in [2.45, 2.75) is 31.6 Å². The Kier molecular flexibility index (Phi) is 3.93. The second-order valence-electron chi connectivity index (χ2n) is 6.13. The molecular formula is C16H19NO5S. The van der Waals surface area contributed by atoms with E-state index in [0.717, 1.165) is 12.8 Å². The van der Waals surface area contributed by atoms with Crippen LogP contribution in [0, 0.1) is 12.8 Å². The van der Waals surface area contributed by atoms with Crippen LogP contribution in [0.4, 0.5) is 0 Å². The molecule has 1 N–H and O–H groups in total. The van der Waals surface area contributed by atoms with E-state index >= 15 is 0 Å². The lowest BCUT2D eigenvalue weighted by molar-refractivity contribution is 0.0664. The number of furan rings is 1. The SMILES string of the molecule is Cc1c(C(=O)O)oc2ccc(S(=O)(=O)N3CCCC(C)C3)cc12. The summed E-state index contributed by atoms with van der Waals surface area (Å²) in [6.45, 7) is 4.71. The number of aromatic carboxylic acids is 1. The Hall–Kier alpha value is -1.86. The Morgan fingerprint density at radius 2 is 2.13 bits per heavy atom. The molecule has 0 amide bonds. The van der Waals surface area contributed by atoms with Crippen molar-refractivity contribution >= 4 is 27.0 Å². The third kappa shape index (κ3) is 2.74. The number of piperidine rings is 1. The number of aryl methyl sites for hydroxylation is 1. The van der Waals surface area contributed by atoms with Gasteiger partial charge in [-0.05, 0) is 43.9 Å². The normalized spacial score (nSPS) is 20.0. The first-order valence-electron chi connectivity index (χ1n) is 7.57. The van der Waals surface area contributed by atoms with Crippen LogP contribution >= 0.6 is 0 Å². The van der Waals surface area contributed by atoms with Gasteiger partial charge in [-0.2, -0.15) is 4.31 Å². The number of carboxylic acid groups (broad SMARTS) is 1. The number of hydrogen-bond acceptors (Lipinski definition) is 4. The number of hydrogen-bond donors (Lipinski definition) is 1. The van der Waals surface area contributed by atoms with E-state index in [1.54, 1.807) is 6.92 Å². The number of benzene rings is 1. The van der Waals surface area contributed by atoms with Crippen LogP contribution in [0.25, 0.3) is 11.0 Å². The van der Waals surface area contributed by atoms with Gasteiger partial charge in [0.25, 0.3) is 0 Å². The lowest BCUT2D eigenvalue weighted by Gasteiger charge is -2.30. The fourth-order valence-electron chi connectivity index (χ4n) is 3.08. The van der Waals surface area contributed by atoms with Crippen molar-refractivity contribution in [2.75, 3.05) is 13.1 Å². The largest absolute Gasteiger partial charge is 0.475 e. The molecule has 23 heavy (non-hydrogen) atoms. The molecule has 3 rings (SSSR count). The maximum atomic E-state index is 12.8. The number of sulfonamides is 1. The molecule has 2 heterocycles. The molecule has 0 saturated carbocycles. The lowest BCUT2D eigenvalue weighted by Crippen LogP contribution is -2.39. The van der Waals surface area contributed by atoms with Gasteiger partial charge in [-0.3, -0.25) is 0 Å². The second kappa shape index (κ2) is 5.65. The zero-order chi connectivity index (χ0) is 16.8. The highest BCUT2D eigenvalue weighted by molar-refractivity contribution is 7.89. The molecule has 7 heteroatoms. The summed E-state index contributed by atoms with van der Waals surface area (Å²) in [5.74, 6) is -0.967. The van der Waals surface area contributed by atoms with E-state index < -0.39 is 16.0 Å². The number of nitrogens with zero attached hydrogens (tertiary/aromatic N) is 1. The molecule has 0 bridgehead atoms. The van der Waals surface area contributed by atoms with Gasteiger partial charge in [-0.1, -0.05) is 6.92 Å². The van der Waals surface area contributed by atoms with Gasteiger partial charge in [-0.25, -0.2) is 13.2 Å². The van der Waals surface area contributed by atoms with Gasteiger partial charge < -0.3 is 9.52 Å². The van der Waals surface area contributed by atoms with Crippen molar-refractivity contribution in [3.63, 3.8) is 0 Å². The minimum absolute atomic E-state index is 0.152. The molecule has 1 unspecified atom stereocenters. The van der Waals surface area contributed by atoms with Crippen LogP contribution < -0.4 is 0 Å². The Bertz CT molecular complexity index is 868. The first-order chi connectivity index (χ1) is 10.8. The van der Waals surface area contributed by atoms with Gasteiger partial charge in [0.15, 0.2) is 0 Å². The van der Waals surface area contributed by atoms with Crippen LogP contribution in [-0.4, -0.2) is 36.9 Å². The Morgan fingerprint density at radius 3 is 2.78 bits per heavy atom. The number of carbonyl (C=O) groups is 1. The molecule has 1 aliphatic rings. The van der Waals surface area contributed by atoms with Crippen LogP contribution in [0.5, 0.6) is 0 Å². The van der Waals surface area contributed by atoms with Gasteiger partial charge in [0.1, 0.15) is 5.58 Å². The van der Waals surface area contributed by atoms with Gasteiger partial charge in [0.2, 0.25) is 15.8 Å². The van der Waals surface area contributed by atoms with E-state index in [0.29, 0.717) is 35.5 Å². The van der Waals surface area contributed by atoms with E-state index in [1.165, 1.54) is 22.5 Å². The number of rotatable bonds is 3. The number of fused-ring (bicyclic) bond motifs is 1. The minimum atomic E-state index is -3.57. The van der Waals surface area contributed by atoms with Crippen LogP contribution in [0.1, 0.15) is 35.9 Å². The minimum Gasteiger partial charge on any atom is -0.475 e. The molecule has 1 aromatic carbocycles. The molecule has 6 nitrogen and oxygen atoms in total. The Balaban J connectivity index is 2.05. The van der Waals surface area contributed by atoms with Gasteiger partial charge in [0.05, 0.1) is 4.90 Å². The standard InChI is InChI=1S/C16H19NO5S/c1-10-4-3-7-17(9-10)23(20,21)12-5-6-14-13(8-12)11(2)15(22-14)16(18)19/h5-6,8,10H,3-4,7,9H2,1-2H3,(H,18,19). The highest BCUT2D eigenvalue weighted by atomic mass is 32.2. The van der Waals surface area contributed by atoms with Crippen LogP contribution in [0.3, 0.4) is 0 Å². The van der Waals surface area contributed by atoms with Crippen LogP contribution in [0.2, 0.25) is 0 Å². The predicted octanol–water partition coefficient (Wildman–Crippen LogP) is 2.86. The summed E-state index contributed by atoms with van der Waals surface area (Å²) >= 11 is 0. The maximum Gasteiger partial charge on any atom is 0.372 e. The van der Waals surface area contributed by atoms with E-state index in [9.17, 15) is 13.2 Å². The quantitative estimate of drug-likeness (QED) is 0.930. The zero-order valence-corrected chi connectivity index (χ0v) is 13.9. The fourth-order valence-corrected chi connectivity index (χ4v) is 4.70. The first-order valence-corrected chi connectivity index (χ1v) is 9.01. The molecule has 1 aliphatic heterocycles. The third-order valence-corrected chi connectivity index (χ3v) is 6.22. The Morgan fingerprint density at radius 1 is 1.39 bits per heavy atom. The van der Waals surface area contributed by atoms with Gasteiger partial charge in [0, 0.05) is 24.0 Å². The van der Waals surface area contributed by atoms with Crippen LogP contribution in [0.15, 0.2) is 27.5 Å². The summed E-state index contributed by atoms with van der Waals surface area (Å²) in [4.78, 5) is 11.3. The molecule has 0 aliphatic carbocycles. The molecule has 1 atom stereocenters. The van der Waals surface area contributed by atoms with Crippen molar-refractivity contribution < 1.29 is 22.7 Å². The Labute approximate surface area is 134 Å². The van der Waals surface area contributed by atoms with Crippen molar-refractivity contribution in [1.82, 2.24) is 4.31 Å². The zero-order valence-electron chi connectivity index (χ0n) is 13.1. The average Bonchev–Trinajstić information content (AvgIpc) is 2.84. The van der Waals surface area contributed by atoms with E-state index in [-0.39, 0.29) is 10.7 Å². The smallest absolute Gasteiger partial charge is 0.372 e. The van der Waals surface area contributed by atoms with Crippen molar-refractivity contribution in [2.24, 2.45) is 5.92 Å². The first kappa shape index (κ1) is 16.0. The fraction of sp³-hybridized carbons (Fsp3) is 0.438. The monoisotopic (exact) mass is 337 g/mol. The van der Waals surface area contributed by atoms with E-state index in [4.69, 9.17) is 9.52 Å². The van der Waals surface area contributed by atoms with Crippen molar-refractivity contribution in [3.8, 4) is 0 Å². The molecule has 124 valence electrons. The molecule has 0 radical (unpaired) electrons. The summed E-state index contributed by atoms with van der Waals surface area (Å²) in [6, 6.07) is 4.51. The molecule has 0 spiro atoms. The van der Waals surface area contributed by atoms with E-state index in [2.05, 4.69) is 0 Å². The van der Waals surface area contributed by atoms with Crippen molar-refractivity contribution in [1.29, 1.82) is 0 Å². The molecule has 1 saturated heterocycles. The predicted molar refractivity (Wildman–Crippen MR) is 85.1 cm³/mol. The molecule has 1 aromatic heterocycles. The summed E-state index contributed by atoms with van der Waals surface area (Å²) in [5.41, 5.74) is 0.822. The van der Waals surface area contributed by atoms with Gasteiger partial charge >= 0.3 is 5.97 Å². The molecule has 1 fully saturated rings. The van der Waals surface area contributed by atoms with Crippen LogP contribution in [-0.2, 0) is 10.0 Å². The van der Waals surface area contributed by atoms with Crippen molar-refractivity contribution in [3.05, 3.63) is 29.5 Å². The number of carboxylic acids is 1. The summed E-state index contributed by atoms with van der Waals surface area (Å²) in [7, 11) is -3.57. The second-order valence-corrected chi connectivity index (χ2v) is 8.07. The summed E-state index contributed by atoms with van der Waals surface area (Å²) in [6.07, 6.45) is 1.89.